The second-order valence-corrected chi connectivity index (χ2v) is 5.14. The van der Waals surface area contributed by atoms with Crippen LogP contribution < -0.4 is 10.2 Å². The fraction of sp³-hybridized carbons (Fsp3) is 0.231. The molecule has 100 valence electrons. The van der Waals surface area contributed by atoms with Crippen molar-refractivity contribution >= 4 is 33.3 Å². The molecule has 1 aromatic rings. The van der Waals surface area contributed by atoms with E-state index in [1.165, 1.54) is 11.0 Å². The minimum Gasteiger partial charge on any atom is -0.316 e. The van der Waals surface area contributed by atoms with E-state index in [2.05, 4.69) is 27.8 Å². The zero-order valence-electron chi connectivity index (χ0n) is 10.3. The molecule has 0 aromatic heterocycles. The number of likely N-dealkylation sites (N-methyl/N-ethyl adjacent to an activating group) is 1. The van der Waals surface area contributed by atoms with Crippen molar-refractivity contribution in [3.63, 3.8) is 0 Å². The Balaban J connectivity index is 2.41. The highest BCUT2D eigenvalue weighted by Gasteiger charge is 2.37. The largest absolute Gasteiger partial charge is 0.316 e. The summed E-state index contributed by atoms with van der Waals surface area (Å²) in [5, 5.41) is 2.92. The third-order valence-corrected chi connectivity index (χ3v) is 3.40. The van der Waals surface area contributed by atoms with Gasteiger partial charge in [0.05, 0.1) is 11.3 Å². The van der Waals surface area contributed by atoms with E-state index < -0.39 is 17.5 Å². The highest BCUT2D eigenvalue weighted by molar-refractivity contribution is 9.10. The number of carbonyl (C=O) groups excluding carboxylic acids is 2. The number of nitrogens with one attached hydrogen (secondary N) is 1. The Morgan fingerprint density at radius 1 is 1.47 bits per heavy atom. The fourth-order valence-corrected chi connectivity index (χ4v) is 2.68. The van der Waals surface area contributed by atoms with E-state index in [0.717, 1.165) is 11.6 Å². The maximum Gasteiger partial charge on any atom is 0.299 e. The number of hydrogen-bond acceptors (Lipinski definition) is 3. The predicted molar refractivity (Wildman–Crippen MR) is 73.9 cm³/mol. The van der Waals surface area contributed by atoms with Gasteiger partial charge in [-0.3, -0.25) is 14.5 Å². The molecule has 0 aliphatic carbocycles. The maximum absolute atomic E-state index is 13.3. The van der Waals surface area contributed by atoms with Crippen LogP contribution in [0.3, 0.4) is 0 Å². The highest BCUT2D eigenvalue weighted by Crippen LogP contribution is 2.37. The van der Waals surface area contributed by atoms with Crippen LogP contribution in [0.5, 0.6) is 0 Å². The zero-order valence-corrected chi connectivity index (χ0v) is 11.9. The summed E-state index contributed by atoms with van der Waals surface area (Å²) in [6.45, 7) is 4.59. The number of carbonyl (C=O) groups is 2. The molecule has 1 N–H and O–H groups in total. The minimum absolute atomic E-state index is 0.0918. The van der Waals surface area contributed by atoms with E-state index in [9.17, 15) is 14.0 Å². The number of nitrogens with zero attached hydrogens (tertiary/aromatic N) is 1. The Kier molecular flexibility index (Phi) is 3.82. The predicted octanol–water partition coefficient (Wildman–Crippen LogP) is 1.89. The van der Waals surface area contributed by atoms with Crippen molar-refractivity contribution < 1.29 is 14.0 Å². The molecule has 2 rings (SSSR count). The van der Waals surface area contributed by atoms with E-state index in [-0.39, 0.29) is 12.1 Å². The smallest absolute Gasteiger partial charge is 0.299 e. The van der Waals surface area contributed by atoms with E-state index in [4.69, 9.17) is 0 Å². The lowest BCUT2D eigenvalue weighted by Crippen LogP contribution is -2.33. The van der Waals surface area contributed by atoms with Crippen LogP contribution >= 0.6 is 15.9 Å². The first-order chi connectivity index (χ1) is 8.95. The Bertz CT molecular complexity index is 586. The molecule has 0 unspecified atom stereocenters. The standard InChI is InChI=1S/C13H12BrFN2O2/c1-7(5-16-2)6-17-11-9(12(18)13(17)19)3-8(15)4-10(11)14/h3-4,16H,1,5-6H2,2H3. The van der Waals surface area contributed by atoms with Crippen LogP contribution in [0.15, 0.2) is 28.8 Å². The monoisotopic (exact) mass is 326 g/mol. The molecular weight excluding hydrogens is 315 g/mol. The van der Waals surface area contributed by atoms with Crippen molar-refractivity contribution in [3.05, 3.63) is 40.1 Å². The summed E-state index contributed by atoms with van der Waals surface area (Å²) in [6, 6.07) is 2.32. The fourth-order valence-electron chi connectivity index (χ4n) is 2.03. The molecule has 4 nitrogen and oxygen atoms in total. The lowest BCUT2D eigenvalue weighted by molar-refractivity contribution is -0.114. The second-order valence-electron chi connectivity index (χ2n) is 4.28. The minimum atomic E-state index is -0.688. The van der Waals surface area contributed by atoms with Gasteiger partial charge in [0.15, 0.2) is 0 Å². The molecule has 0 atom stereocenters. The Morgan fingerprint density at radius 3 is 2.79 bits per heavy atom. The number of anilines is 1. The summed E-state index contributed by atoms with van der Waals surface area (Å²) >= 11 is 3.19. The first-order valence-corrected chi connectivity index (χ1v) is 6.41. The molecule has 0 saturated heterocycles. The number of rotatable bonds is 4. The number of Topliss-reactive ketones (excluding diaryl/α,β-unsaturated/α-hetero) is 1. The molecule has 0 radical (unpaired) electrons. The summed E-state index contributed by atoms with van der Waals surface area (Å²) in [7, 11) is 1.77. The maximum atomic E-state index is 13.3. The van der Waals surface area contributed by atoms with Gasteiger partial charge in [0.2, 0.25) is 0 Å². The van der Waals surface area contributed by atoms with Crippen molar-refractivity contribution in [2.24, 2.45) is 0 Å². The third kappa shape index (κ3) is 2.46. The molecule has 1 aliphatic heterocycles. The highest BCUT2D eigenvalue weighted by atomic mass is 79.9. The van der Waals surface area contributed by atoms with Gasteiger partial charge in [-0.05, 0) is 40.7 Å². The van der Waals surface area contributed by atoms with Crippen LogP contribution in [0.1, 0.15) is 10.4 Å². The summed E-state index contributed by atoms with van der Waals surface area (Å²) in [6.07, 6.45) is 0. The quantitative estimate of drug-likeness (QED) is 0.679. The zero-order chi connectivity index (χ0) is 14.2. The van der Waals surface area contributed by atoms with Crippen molar-refractivity contribution in [1.29, 1.82) is 0 Å². The van der Waals surface area contributed by atoms with Crippen molar-refractivity contribution in [2.75, 3.05) is 25.0 Å². The average molecular weight is 327 g/mol. The second kappa shape index (κ2) is 5.22. The van der Waals surface area contributed by atoms with Crippen molar-refractivity contribution in [3.8, 4) is 0 Å². The SMILES string of the molecule is C=C(CNC)CN1C(=O)C(=O)c2cc(F)cc(Br)c21. The number of hydrogen-bond donors (Lipinski definition) is 1. The van der Waals surface area contributed by atoms with Gasteiger partial charge in [-0.15, -0.1) is 0 Å². The van der Waals surface area contributed by atoms with Crippen molar-refractivity contribution in [1.82, 2.24) is 5.32 Å². The van der Waals surface area contributed by atoms with Crippen LogP contribution in [0.2, 0.25) is 0 Å². The van der Waals surface area contributed by atoms with Gasteiger partial charge in [0, 0.05) is 17.6 Å². The number of fused-ring (bicyclic) bond motifs is 1. The molecule has 1 aromatic carbocycles. The normalized spacial score (nSPS) is 13.9. The van der Waals surface area contributed by atoms with Gasteiger partial charge in [-0.25, -0.2) is 4.39 Å². The number of ketones is 1. The Morgan fingerprint density at radius 2 is 2.16 bits per heavy atom. The molecular formula is C13H12BrFN2O2. The van der Waals surface area contributed by atoms with Crippen LogP contribution in [-0.2, 0) is 4.79 Å². The Hall–Kier alpha value is -1.53. The number of benzene rings is 1. The molecule has 0 fully saturated rings. The van der Waals surface area contributed by atoms with Crippen LogP contribution in [0, 0.1) is 5.82 Å². The van der Waals surface area contributed by atoms with Gasteiger partial charge in [-0.2, -0.15) is 0 Å². The van der Waals surface area contributed by atoms with Gasteiger partial charge in [-0.1, -0.05) is 6.58 Å². The molecule has 19 heavy (non-hydrogen) atoms. The summed E-state index contributed by atoms with van der Waals surface area (Å²) in [5.41, 5.74) is 1.26. The first-order valence-electron chi connectivity index (χ1n) is 5.62. The first kappa shape index (κ1) is 13.9. The average Bonchev–Trinajstić information content (AvgIpc) is 2.55. The van der Waals surface area contributed by atoms with Crippen LogP contribution in [0.25, 0.3) is 0 Å². The number of halogens is 2. The molecule has 1 aliphatic rings. The molecule has 1 heterocycles. The van der Waals surface area contributed by atoms with Crippen LogP contribution in [-0.4, -0.2) is 31.8 Å². The summed E-state index contributed by atoms with van der Waals surface area (Å²) < 4.78 is 13.7. The van der Waals surface area contributed by atoms with Gasteiger partial charge >= 0.3 is 0 Å². The van der Waals surface area contributed by atoms with E-state index in [0.29, 0.717) is 16.7 Å². The van der Waals surface area contributed by atoms with E-state index in [1.807, 2.05) is 0 Å². The van der Waals surface area contributed by atoms with E-state index >= 15 is 0 Å². The topological polar surface area (TPSA) is 49.4 Å². The molecule has 1 amide bonds. The molecule has 0 bridgehead atoms. The molecule has 6 heteroatoms. The van der Waals surface area contributed by atoms with Crippen LogP contribution in [0.4, 0.5) is 10.1 Å². The van der Waals surface area contributed by atoms with Gasteiger partial charge in [0.25, 0.3) is 11.7 Å². The lowest BCUT2D eigenvalue weighted by atomic mass is 10.1. The van der Waals surface area contributed by atoms with Gasteiger partial charge in [0.1, 0.15) is 5.82 Å². The van der Waals surface area contributed by atoms with Crippen molar-refractivity contribution in [2.45, 2.75) is 0 Å². The molecule has 0 spiro atoms. The van der Waals surface area contributed by atoms with Gasteiger partial charge < -0.3 is 5.32 Å². The summed E-state index contributed by atoms with van der Waals surface area (Å²) in [4.78, 5) is 25.1. The summed E-state index contributed by atoms with van der Waals surface area (Å²) in [5.74, 6) is -1.89. The number of amides is 1. The van der Waals surface area contributed by atoms with E-state index in [1.54, 1.807) is 7.05 Å². The third-order valence-electron chi connectivity index (χ3n) is 2.79. The lowest BCUT2D eigenvalue weighted by Gasteiger charge is -2.19. The Labute approximate surface area is 118 Å². The molecule has 0 saturated carbocycles.